The summed E-state index contributed by atoms with van der Waals surface area (Å²) in [5.74, 6) is 1.01. The van der Waals surface area contributed by atoms with E-state index < -0.39 is 6.10 Å². The van der Waals surface area contributed by atoms with Crippen molar-refractivity contribution in [3.63, 3.8) is 0 Å². The SMILES string of the molecule is COc1cc(Cl)c(C(O)c2ccoc2Br)cc1OC. The van der Waals surface area contributed by atoms with Crippen molar-refractivity contribution in [2.24, 2.45) is 0 Å². The van der Waals surface area contributed by atoms with Gasteiger partial charge >= 0.3 is 0 Å². The van der Waals surface area contributed by atoms with Crippen LogP contribution in [-0.2, 0) is 0 Å². The van der Waals surface area contributed by atoms with Crippen molar-refractivity contribution >= 4 is 27.5 Å². The average Bonchev–Trinajstić information content (AvgIpc) is 2.83. The molecule has 1 aromatic carbocycles. The molecule has 0 fully saturated rings. The van der Waals surface area contributed by atoms with Crippen LogP contribution in [0.25, 0.3) is 0 Å². The second-order valence-corrected chi connectivity index (χ2v) is 4.91. The molecule has 0 aliphatic carbocycles. The lowest BCUT2D eigenvalue weighted by atomic mass is 10.0. The molecule has 0 aliphatic rings. The summed E-state index contributed by atoms with van der Waals surface area (Å²) in [6, 6.07) is 4.92. The highest BCUT2D eigenvalue weighted by Gasteiger charge is 2.21. The molecule has 0 saturated carbocycles. The van der Waals surface area contributed by atoms with Crippen LogP contribution < -0.4 is 9.47 Å². The normalized spacial score (nSPS) is 12.3. The van der Waals surface area contributed by atoms with E-state index in [1.54, 1.807) is 18.2 Å². The molecule has 2 aromatic rings. The van der Waals surface area contributed by atoms with E-state index in [4.69, 9.17) is 25.5 Å². The molecule has 0 saturated heterocycles. The lowest BCUT2D eigenvalue weighted by Crippen LogP contribution is -2.02. The summed E-state index contributed by atoms with van der Waals surface area (Å²) in [6.07, 6.45) is 0.567. The van der Waals surface area contributed by atoms with Crippen LogP contribution in [0.3, 0.4) is 0 Å². The molecule has 4 nitrogen and oxygen atoms in total. The molecule has 1 N–H and O–H groups in total. The zero-order valence-electron chi connectivity index (χ0n) is 10.3. The van der Waals surface area contributed by atoms with Crippen molar-refractivity contribution in [3.05, 3.63) is 45.3 Å². The fourth-order valence-corrected chi connectivity index (χ4v) is 2.46. The van der Waals surface area contributed by atoms with Gasteiger partial charge in [-0.2, -0.15) is 0 Å². The number of aliphatic hydroxyl groups is 1. The molecule has 1 atom stereocenters. The number of aliphatic hydroxyl groups excluding tert-OH is 1. The molecule has 1 heterocycles. The van der Waals surface area contributed by atoms with Crippen LogP contribution in [0.4, 0.5) is 0 Å². The Morgan fingerprint density at radius 2 is 1.84 bits per heavy atom. The van der Waals surface area contributed by atoms with Gasteiger partial charge in [0.15, 0.2) is 16.2 Å². The van der Waals surface area contributed by atoms with E-state index in [1.807, 2.05) is 0 Å². The van der Waals surface area contributed by atoms with Gasteiger partial charge < -0.3 is 19.0 Å². The number of benzene rings is 1. The third-order valence-corrected chi connectivity index (χ3v) is 3.71. The molecule has 1 aromatic heterocycles. The largest absolute Gasteiger partial charge is 0.493 e. The molecule has 0 radical (unpaired) electrons. The minimum absolute atomic E-state index is 0.387. The van der Waals surface area contributed by atoms with E-state index in [0.717, 1.165) is 0 Å². The van der Waals surface area contributed by atoms with Crippen LogP contribution >= 0.6 is 27.5 Å². The molecule has 0 spiro atoms. The molecule has 6 heteroatoms. The van der Waals surface area contributed by atoms with Crippen molar-refractivity contribution in [2.45, 2.75) is 6.10 Å². The first-order valence-corrected chi connectivity index (χ1v) is 6.58. The van der Waals surface area contributed by atoms with Crippen LogP contribution in [0, 0.1) is 0 Å². The standard InChI is InChI=1S/C13H12BrClO4/c1-17-10-5-8(9(15)6-11(10)18-2)12(16)7-3-4-19-13(7)14/h3-6,12,16H,1-2H3. The predicted molar refractivity (Wildman–Crippen MR) is 75.0 cm³/mol. The fourth-order valence-electron chi connectivity index (χ4n) is 1.75. The highest BCUT2D eigenvalue weighted by Crippen LogP contribution is 2.39. The van der Waals surface area contributed by atoms with Gasteiger partial charge in [-0.05, 0) is 28.1 Å². The summed E-state index contributed by atoms with van der Waals surface area (Å²) >= 11 is 9.39. The summed E-state index contributed by atoms with van der Waals surface area (Å²) in [6.45, 7) is 0. The third kappa shape index (κ3) is 2.73. The summed E-state index contributed by atoms with van der Waals surface area (Å²) in [4.78, 5) is 0. The van der Waals surface area contributed by atoms with E-state index in [1.165, 1.54) is 20.5 Å². The van der Waals surface area contributed by atoms with Gasteiger partial charge in [-0.25, -0.2) is 0 Å². The highest BCUT2D eigenvalue weighted by atomic mass is 79.9. The van der Waals surface area contributed by atoms with Crippen molar-refractivity contribution in [3.8, 4) is 11.5 Å². The van der Waals surface area contributed by atoms with E-state index >= 15 is 0 Å². The van der Waals surface area contributed by atoms with E-state index in [2.05, 4.69) is 15.9 Å². The Morgan fingerprint density at radius 1 is 1.21 bits per heavy atom. The summed E-state index contributed by atoms with van der Waals surface area (Å²) in [7, 11) is 3.05. The van der Waals surface area contributed by atoms with Gasteiger partial charge in [0.2, 0.25) is 0 Å². The molecular formula is C13H12BrClO4. The second-order valence-electron chi connectivity index (χ2n) is 3.78. The summed E-state index contributed by atoms with van der Waals surface area (Å²) in [5.41, 5.74) is 1.11. The molecule has 19 heavy (non-hydrogen) atoms. The Balaban J connectivity index is 2.48. The summed E-state index contributed by atoms with van der Waals surface area (Å²) < 4.78 is 15.9. The first-order valence-electron chi connectivity index (χ1n) is 5.40. The fraction of sp³-hybridized carbons (Fsp3) is 0.231. The van der Waals surface area contributed by atoms with E-state index in [-0.39, 0.29) is 0 Å². The smallest absolute Gasteiger partial charge is 0.175 e. The number of hydrogen-bond acceptors (Lipinski definition) is 4. The average molecular weight is 348 g/mol. The number of furan rings is 1. The zero-order valence-corrected chi connectivity index (χ0v) is 12.7. The lowest BCUT2D eigenvalue weighted by molar-refractivity contribution is 0.217. The molecule has 1 unspecified atom stereocenters. The predicted octanol–water partition coefficient (Wildman–Crippen LogP) is 3.79. The molecule has 0 bridgehead atoms. The number of rotatable bonds is 4. The Labute approximate surface area is 124 Å². The third-order valence-electron chi connectivity index (χ3n) is 2.74. The topological polar surface area (TPSA) is 51.8 Å². The van der Waals surface area contributed by atoms with Crippen LogP contribution in [0.2, 0.25) is 5.02 Å². The van der Waals surface area contributed by atoms with Crippen molar-refractivity contribution < 1.29 is 19.0 Å². The van der Waals surface area contributed by atoms with Crippen molar-refractivity contribution in [2.75, 3.05) is 14.2 Å². The van der Waals surface area contributed by atoms with Crippen molar-refractivity contribution in [1.82, 2.24) is 0 Å². The lowest BCUT2D eigenvalue weighted by Gasteiger charge is -2.15. The van der Waals surface area contributed by atoms with Gasteiger partial charge in [0.05, 0.1) is 25.5 Å². The van der Waals surface area contributed by atoms with E-state index in [9.17, 15) is 5.11 Å². The molecule has 0 aliphatic heterocycles. The number of methoxy groups -OCH3 is 2. The molecule has 102 valence electrons. The molecule has 0 amide bonds. The Kier molecular flexibility index (Phi) is 4.39. The first kappa shape index (κ1) is 14.2. The first-order chi connectivity index (χ1) is 9.08. The highest BCUT2D eigenvalue weighted by molar-refractivity contribution is 9.10. The minimum Gasteiger partial charge on any atom is -0.493 e. The molecular weight excluding hydrogens is 335 g/mol. The van der Waals surface area contributed by atoms with Crippen LogP contribution in [0.15, 0.2) is 33.5 Å². The quantitative estimate of drug-likeness (QED) is 0.914. The Morgan fingerprint density at radius 3 is 2.37 bits per heavy atom. The maximum Gasteiger partial charge on any atom is 0.175 e. The van der Waals surface area contributed by atoms with Gasteiger partial charge in [-0.1, -0.05) is 11.6 Å². The maximum atomic E-state index is 10.4. The van der Waals surface area contributed by atoms with Gasteiger partial charge in [0.25, 0.3) is 0 Å². The number of ether oxygens (including phenoxy) is 2. The van der Waals surface area contributed by atoms with Crippen LogP contribution in [0.5, 0.6) is 11.5 Å². The van der Waals surface area contributed by atoms with Crippen molar-refractivity contribution in [1.29, 1.82) is 0 Å². The van der Waals surface area contributed by atoms with Gasteiger partial charge in [-0.15, -0.1) is 0 Å². The Bertz CT molecular complexity index is 582. The number of hydrogen-bond donors (Lipinski definition) is 1. The maximum absolute atomic E-state index is 10.4. The monoisotopic (exact) mass is 346 g/mol. The van der Waals surface area contributed by atoms with E-state index in [0.29, 0.717) is 32.3 Å². The van der Waals surface area contributed by atoms with Crippen LogP contribution in [-0.4, -0.2) is 19.3 Å². The van der Waals surface area contributed by atoms with Gasteiger partial charge in [0.1, 0.15) is 6.10 Å². The van der Waals surface area contributed by atoms with Gasteiger partial charge in [0, 0.05) is 17.2 Å². The summed E-state index contributed by atoms with van der Waals surface area (Å²) in [5, 5.41) is 10.7. The Hall–Kier alpha value is -1.17. The second kappa shape index (κ2) is 5.86. The van der Waals surface area contributed by atoms with Gasteiger partial charge in [-0.3, -0.25) is 0 Å². The molecule has 2 rings (SSSR count). The minimum atomic E-state index is -0.916. The number of halogens is 2. The zero-order chi connectivity index (χ0) is 14.0. The van der Waals surface area contributed by atoms with Crippen LogP contribution in [0.1, 0.15) is 17.2 Å².